The van der Waals surface area contributed by atoms with Crippen LogP contribution in [0.1, 0.15) is 45.9 Å². The molecule has 1 unspecified atom stereocenters. The molecule has 0 aliphatic carbocycles. The van der Waals surface area contributed by atoms with Crippen LogP contribution in [0.3, 0.4) is 0 Å². The third-order valence-corrected chi connectivity index (χ3v) is 3.92. The van der Waals surface area contributed by atoms with Crippen LogP contribution < -0.4 is 16.0 Å². The van der Waals surface area contributed by atoms with Gasteiger partial charge in [0.15, 0.2) is 0 Å². The number of amides is 3. The van der Waals surface area contributed by atoms with Crippen LogP contribution in [0.25, 0.3) is 0 Å². The summed E-state index contributed by atoms with van der Waals surface area (Å²) in [5, 5.41) is 12.1. The number of hydrogen-bond acceptors (Lipinski definition) is 4. The topological polar surface area (TPSA) is 96.3 Å². The first-order valence-corrected chi connectivity index (χ1v) is 7.67. The van der Waals surface area contributed by atoms with Gasteiger partial charge in [0.1, 0.15) is 5.76 Å². The average Bonchev–Trinajstić information content (AvgIpc) is 2.87. The van der Waals surface area contributed by atoms with E-state index in [1.807, 2.05) is 20.8 Å². The van der Waals surface area contributed by atoms with Crippen molar-refractivity contribution in [1.82, 2.24) is 15.8 Å². The molecular formula is C17H22N4O3. The van der Waals surface area contributed by atoms with Gasteiger partial charge in [-0.3, -0.25) is 4.79 Å². The van der Waals surface area contributed by atoms with E-state index in [4.69, 9.17) is 4.52 Å². The van der Waals surface area contributed by atoms with Gasteiger partial charge in [-0.25, -0.2) is 4.79 Å². The molecule has 1 aromatic heterocycles. The van der Waals surface area contributed by atoms with E-state index in [2.05, 4.69) is 21.1 Å². The second-order valence-electron chi connectivity index (χ2n) is 5.62. The molecule has 2 aromatic rings. The average molecular weight is 330 g/mol. The number of aromatic nitrogens is 1. The maximum atomic E-state index is 12.3. The number of anilines is 1. The number of carbonyl (C=O) groups is 2. The highest BCUT2D eigenvalue weighted by atomic mass is 16.5. The van der Waals surface area contributed by atoms with Crippen molar-refractivity contribution in [2.45, 2.75) is 33.7 Å². The smallest absolute Gasteiger partial charge is 0.319 e. The van der Waals surface area contributed by atoms with Crippen molar-refractivity contribution in [3.05, 3.63) is 46.3 Å². The van der Waals surface area contributed by atoms with E-state index in [-0.39, 0.29) is 18.0 Å². The molecule has 0 saturated carbocycles. The van der Waals surface area contributed by atoms with E-state index >= 15 is 0 Å². The van der Waals surface area contributed by atoms with Crippen LogP contribution in [0.15, 0.2) is 22.7 Å². The quantitative estimate of drug-likeness (QED) is 0.803. The van der Waals surface area contributed by atoms with Crippen molar-refractivity contribution >= 4 is 17.6 Å². The summed E-state index contributed by atoms with van der Waals surface area (Å²) in [7, 11) is 1.57. The normalized spacial score (nSPS) is 11.7. The van der Waals surface area contributed by atoms with Crippen molar-refractivity contribution < 1.29 is 14.1 Å². The van der Waals surface area contributed by atoms with Crippen LogP contribution in [0, 0.1) is 20.8 Å². The Morgan fingerprint density at radius 1 is 1.21 bits per heavy atom. The number of hydrogen-bond donors (Lipinski definition) is 3. The standard InChI is InChI=1S/C17H22N4O3/c1-9-13(16(22)18-5)7-6-8-14(9)20-17(23)19-10(2)15-11(3)21-24-12(15)4/h6-8,10H,1-5H3,(H,18,22)(H2,19,20,23). The fraction of sp³-hybridized carbons (Fsp3) is 0.353. The zero-order chi connectivity index (χ0) is 17.9. The van der Waals surface area contributed by atoms with Crippen molar-refractivity contribution in [3.63, 3.8) is 0 Å². The van der Waals surface area contributed by atoms with Crippen molar-refractivity contribution in [1.29, 1.82) is 0 Å². The number of urea groups is 1. The van der Waals surface area contributed by atoms with E-state index in [9.17, 15) is 9.59 Å². The van der Waals surface area contributed by atoms with Gasteiger partial charge in [0.25, 0.3) is 5.91 Å². The third-order valence-electron chi connectivity index (χ3n) is 3.92. The van der Waals surface area contributed by atoms with Crippen LogP contribution in [-0.2, 0) is 0 Å². The number of benzene rings is 1. The summed E-state index contributed by atoms with van der Waals surface area (Å²) in [6.07, 6.45) is 0. The van der Waals surface area contributed by atoms with Gasteiger partial charge >= 0.3 is 6.03 Å². The maximum absolute atomic E-state index is 12.3. The second-order valence-corrected chi connectivity index (χ2v) is 5.62. The summed E-state index contributed by atoms with van der Waals surface area (Å²) < 4.78 is 5.12. The lowest BCUT2D eigenvalue weighted by atomic mass is 10.1. The molecule has 128 valence electrons. The highest BCUT2D eigenvalue weighted by Crippen LogP contribution is 2.22. The number of nitrogens with one attached hydrogen (secondary N) is 3. The minimum atomic E-state index is -0.361. The summed E-state index contributed by atoms with van der Waals surface area (Å²) in [5.41, 5.74) is 3.42. The Balaban J connectivity index is 2.12. The van der Waals surface area contributed by atoms with Crippen LogP contribution >= 0.6 is 0 Å². The molecule has 0 aliphatic heterocycles. The van der Waals surface area contributed by atoms with Crippen LogP contribution in [0.2, 0.25) is 0 Å². The van der Waals surface area contributed by atoms with E-state index in [1.165, 1.54) is 0 Å². The summed E-state index contributed by atoms with van der Waals surface area (Å²) in [5.74, 6) is 0.485. The first-order valence-electron chi connectivity index (χ1n) is 7.67. The van der Waals surface area contributed by atoms with Gasteiger partial charge in [-0.2, -0.15) is 0 Å². The minimum absolute atomic E-state index is 0.194. The molecule has 7 nitrogen and oxygen atoms in total. The molecular weight excluding hydrogens is 308 g/mol. The molecule has 24 heavy (non-hydrogen) atoms. The van der Waals surface area contributed by atoms with Gasteiger partial charge in [0, 0.05) is 23.9 Å². The second kappa shape index (κ2) is 7.16. The highest BCUT2D eigenvalue weighted by Gasteiger charge is 2.19. The Labute approximate surface area is 140 Å². The Morgan fingerprint density at radius 2 is 1.92 bits per heavy atom. The van der Waals surface area contributed by atoms with E-state index in [0.717, 1.165) is 11.3 Å². The van der Waals surface area contributed by atoms with E-state index in [1.54, 1.807) is 32.2 Å². The van der Waals surface area contributed by atoms with Gasteiger partial charge in [0.2, 0.25) is 0 Å². The summed E-state index contributed by atoms with van der Waals surface area (Å²) in [6.45, 7) is 7.29. The molecule has 0 fully saturated rings. The Kier molecular flexibility index (Phi) is 5.23. The van der Waals surface area contributed by atoms with Gasteiger partial charge in [0.05, 0.1) is 11.7 Å². The first kappa shape index (κ1) is 17.5. The minimum Gasteiger partial charge on any atom is -0.361 e. The first-order chi connectivity index (χ1) is 11.3. The number of carbonyl (C=O) groups excluding carboxylic acids is 2. The van der Waals surface area contributed by atoms with Crippen molar-refractivity contribution in [3.8, 4) is 0 Å². The molecule has 0 aliphatic rings. The molecule has 0 radical (unpaired) electrons. The molecule has 1 aromatic carbocycles. The Hall–Kier alpha value is -2.83. The Morgan fingerprint density at radius 3 is 2.50 bits per heavy atom. The predicted octanol–water partition coefficient (Wildman–Crippen LogP) is 2.84. The van der Waals surface area contributed by atoms with Crippen molar-refractivity contribution in [2.24, 2.45) is 0 Å². The molecule has 3 N–H and O–H groups in total. The summed E-state index contributed by atoms with van der Waals surface area (Å²) in [6, 6.07) is 4.58. The molecule has 3 amide bonds. The molecule has 1 atom stereocenters. The summed E-state index contributed by atoms with van der Waals surface area (Å²) in [4.78, 5) is 24.1. The molecule has 1 heterocycles. The lowest BCUT2D eigenvalue weighted by Gasteiger charge is -2.16. The number of aryl methyl sites for hydroxylation is 2. The van der Waals surface area contributed by atoms with Crippen LogP contribution in [0.4, 0.5) is 10.5 Å². The highest BCUT2D eigenvalue weighted by molar-refractivity contribution is 5.98. The van der Waals surface area contributed by atoms with E-state index in [0.29, 0.717) is 22.6 Å². The zero-order valence-electron chi connectivity index (χ0n) is 14.5. The van der Waals surface area contributed by atoms with Gasteiger partial charge < -0.3 is 20.5 Å². The van der Waals surface area contributed by atoms with E-state index < -0.39 is 0 Å². The zero-order valence-corrected chi connectivity index (χ0v) is 14.5. The lowest BCUT2D eigenvalue weighted by Crippen LogP contribution is -2.32. The predicted molar refractivity (Wildman–Crippen MR) is 91.1 cm³/mol. The molecule has 0 spiro atoms. The fourth-order valence-electron chi connectivity index (χ4n) is 2.69. The maximum Gasteiger partial charge on any atom is 0.319 e. The van der Waals surface area contributed by atoms with Gasteiger partial charge in [-0.1, -0.05) is 11.2 Å². The summed E-state index contributed by atoms with van der Waals surface area (Å²) >= 11 is 0. The number of nitrogens with zero attached hydrogens (tertiary/aromatic N) is 1. The number of rotatable bonds is 4. The Bertz CT molecular complexity index is 748. The van der Waals surface area contributed by atoms with Gasteiger partial charge in [-0.05, 0) is 45.4 Å². The molecule has 0 saturated heterocycles. The fourth-order valence-corrected chi connectivity index (χ4v) is 2.69. The van der Waals surface area contributed by atoms with Crippen LogP contribution in [0.5, 0.6) is 0 Å². The molecule has 0 bridgehead atoms. The SMILES string of the molecule is CNC(=O)c1cccc(NC(=O)NC(C)c2c(C)noc2C)c1C. The van der Waals surface area contributed by atoms with Gasteiger partial charge in [-0.15, -0.1) is 0 Å². The van der Waals surface area contributed by atoms with Crippen molar-refractivity contribution in [2.75, 3.05) is 12.4 Å². The molecule has 2 rings (SSSR count). The third kappa shape index (κ3) is 3.56. The lowest BCUT2D eigenvalue weighted by molar-refractivity contribution is 0.0962. The monoisotopic (exact) mass is 330 g/mol. The molecule has 7 heteroatoms. The van der Waals surface area contributed by atoms with Crippen LogP contribution in [-0.4, -0.2) is 24.1 Å². The largest absolute Gasteiger partial charge is 0.361 e.